The molecule has 0 unspecified atom stereocenters. The molecule has 0 aliphatic heterocycles. The Morgan fingerprint density at radius 3 is 2.67 bits per heavy atom. The summed E-state index contributed by atoms with van der Waals surface area (Å²) in [4.78, 5) is 22.0. The van der Waals surface area contributed by atoms with E-state index in [9.17, 15) is 9.59 Å². The van der Waals surface area contributed by atoms with E-state index in [1.54, 1.807) is 12.1 Å². The quantitative estimate of drug-likeness (QED) is 0.440. The number of ether oxygens (including phenoxy) is 2. The highest BCUT2D eigenvalue weighted by molar-refractivity contribution is 5.96. The maximum Gasteiger partial charge on any atom is 0.305 e. The van der Waals surface area contributed by atoms with Crippen LogP contribution in [0.4, 0.5) is 5.69 Å². The van der Waals surface area contributed by atoms with Crippen LogP contribution in [0.15, 0.2) is 18.2 Å². The summed E-state index contributed by atoms with van der Waals surface area (Å²) in [5.74, 6) is -0.544. The van der Waals surface area contributed by atoms with Crippen molar-refractivity contribution in [2.24, 2.45) is 5.73 Å². The Balaban J connectivity index is 2.56. The summed E-state index contributed by atoms with van der Waals surface area (Å²) < 4.78 is 9.88. The molecule has 1 aromatic rings. The lowest BCUT2D eigenvalue weighted by atomic mass is 10.1. The molecule has 0 aromatic heterocycles. The topological polar surface area (TPSA) is 105 Å². The fourth-order valence-corrected chi connectivity index (χ4v) is 1.37. The molecule has 98 valence electrons. The number of rotatable bonds is 6. The summed E-state index contributed by atoms with van der Waals surface area (Å²) in [5, 5.41) is 0. The third-order valence-corrected chi connectivity index (χ3v) is 2.28. The van der Waals surface area contributed by atoms with Gasteiger partial charge in [0, 0.05) is 12.1 Å². The van der Waals surface area contributed by atoms with E-state index in [2.05, 4.69) is 4.74 Å². The molecule has 0 fully saturated rings. The van der Waals surface area contributed by atoms with Gasteiger partial charge < -0.3 is 20.9 Å². The molecule has 4 N–H and O–H groups in total. The zero-order valence-electron chi connectivity index (χ0n) is 10.1. The number of methoxy groups -OCH3 is 1. The molecule has 0 bridgehead atoms. The summed E-state index contributed by atoms with van der Waals surface area (Å²) in [6.07, 6.45) is 0.757. The molecule has 0 aliphatic carbocycles. The van der Waals surface area contributed by atoms with Crippen LogP contribution in [0.2, 0.25) is 0 Å². The van der Waals surface area contributed by atoms with Gasteiger partial charge in [-0.05, 0) is 24.6 Å². The average Bonchev–Trinajstić information content (AvgIpc) is 2.35. The van der Waals surface area contributed by atoms with E-state index in [0.717, 1.165) is 0 Å². The second kappa shape index (κ2) is 6.48. The van der Waals surface area contributed by atoms with Gasteiger partial charge in [-0.2, -0.15) is 0 Å². The van der Waals surface area contributed by atoms with Gasteiger partial charge in [-0.3, -0.25) is 9.59 Å². The number of primary amides is 1. The highest BCUT2D eigenvalue weighted by Crippen LogP contribution is 2.21. The average molecular weight is 252 g/mol. The fourth-order valence-electron chi connectivity index (χ4n) is 1.37. The Hall–Kier alpha value is -2.24. The molecule has 18 heavy (non-hydrogen) atoms. The van der Waals surface area contributed by atoms with E-state index in [1.165, 1.54) is 13.2 Å². The summed E-state index contributed by atoms with van der Waals surface area (Å²) >= 11 is 0. The fraction of sp³-hybridized carbons (Fsp3) is 0.333. The zero-order chi connectivity index (χ0) is 13.5. The van der Waals surface area contributed by atoms with Crippen molar-refractivity contribution in [1.29, 1.82) is 0 Å². The van der Waals surface area contributed by atoms with Crippen LogP contribution in [-0.4, -0.2) is 25.6 Å². The van der Waals surface area contributed by atoms with Crippen LogP contribution in [0.5, 0.6) is 5.75 Å². The number of anilines is 1. The lowest BCUT2D eigenvalue weighted by Crippen LogP contribution is -2.14. The summed E-state index contributed by atoms with van der Waals surface area (Å²) in [7, 11) is 1.33. The van der Waals surface area contributed by atoms with Crippen LogP contribution in [-0.2, 0) is 9.53 Å². The van der Waals surface area contributed by atoms with Crippen molar-refractivity contribution in [2.45, 2.75) is 12.8 Å². The van der Waals surface area contributed by atoms with Crippen molar-refractivity contribution in [3.63, 3.8) is 0 Å². The Morgan fingerprint density at radius 2 is 2.06 bits per heavy atom. The highest BCUT2D eigenvalue weighted by atomic mass is 16.5. The molecule has 0 radical (unpaired) electrons. The number of hydrogen-bond donors (Lipinski definition) is 2. The zero-order valence-corrected chi connectivity index (χ0v) is 10.1. The molecule has 0 saturated heterocycles. The molecule has 1 amide bonds. The Morgan fingerprint density at radius 1 is 1.33 bits per heavy atom. The normalized spacial score (nSPS) is 9.83. The predicted molar refractivity (Wildman–Crippen MR) is 66.1 cm³/mol. The lowest BCUT2D eigenvalue weighted by molar-refractivity contribution is -0.140. The molecule has 1 aromatic carbocycles. The number of nitrogen functional groups attached to an aromatic ring is 1. The number of amides is 1. The summed E-state index contributed by atoms with van der Waals surface area (Å²) in [6, 6.07) is 4.65. The van der Waals surface area contributed by atoms with E-state index < -0.39 is 5.91 Å². The molecular weight excluding hydrogens is 236 g/mol. The van der Waals surface area contributed by atoms with Gasteiger partial charge in [0.25, 0.3) is 5.91 Å². The van der Waals surface area contributed by atoms with Crippen molar-refractivity contribution in [3.05, 3.63) is 23.8 Å². The van der Waals surface area contributed by atoms with Crippen LogP contribution in [0.1, 0.15) is 23.2 Å². The Labute approximate surface area is 105 Å². The maximum absolute atomic E-state index is 11.2. The monoisotopic (exact) mass is 252 g/mol. The van der Waals surface area contributed by atoms with Gasteiger partial charge >= 0.3 is 5.97 Å². The molecule has 6 nitrogen and oxygen atoms in total. The first-order valence-electron chi connectivity index (χ1n) is 5.43. The van der Waals surface area contributed by atoms with Crippen molar-refractivity contribution in [2.75, 3.05) is 19.5 Å². The molecule has 0 saturated carbocycles. The molecular formula is C12H16N2O4. The van der Waals surface area contributed by atoms with Gasteiger partial charge in [-0.1, -0.05) is 0 Å². The number of benzene rings is 1. The van der Waals surface area contributed by atoms with Gasteiger partial charge in [0.05, 0.1) is 19.3 Å². The Kier molecular flexibility index (Phi) is 4.98. The molecule has 0 spiro atoms. The smallest absolute Gasteiger partial charge is 0.305 e. The molecule has 0 aliphatic rings. The predicted octanol–water partition coefficient (Wildman–Crippen LogP) is 0.700. The maximum atomic E-state index is 11.2. The molecule has 0 atom stereocenters. The van der Waals surface area contributed by atoms with Gasteiger partial charge in [0.1, 0.15) is 5.75 Å². The van der Waals surface area contributed by atoms with Crippen molar-refractivity contribution in [1.82, 2.24) is 0 Å². The number of hydrogen-bond acceptors (Lipinski definition) is 5. The molecule has 6 heteroatoms. The minimum Gasteiger partial charge on any atom is -0.493 e. The first-order chi connectivity index (χ1) is 8.54. The molecule has 0 heterocycles. The van der Waals surface area contributed by atoms with E-state index in [1.807, 2.05) is 0 Å². The van der Waals surface area contributed by atoms with E-state index >= 15 is 0 Å². The van der Waals surface area contributed by atoms with Gasteiger partial charge in [0.15, 0.2) is 0 Å². The van der Waals surface area contributed by atoms with Gasteiger partial charge in [0.2, 0.25) is 0 Å². The van der Waals surface area contributed by atoms with Crippen LogP contribution in [0.25, 0.3) is 0 Å². The highest BCUT2D eigenvalue weighted by Gasteiger charge is 2.10. The van der Waals surface area contributed by atoms with Gasteiger partial charge in [-0.25, -0.2) is 0 Å². The van der Waals surface area contributed by atoms with E-state index in [4.69, 9.17) is 16.2 Å². The minimum atomic E-state index is -0.606. The van der Waals surface area contributed by atoms with E-state index in [-0.39, 0.29) is 18.0 Å². The summed E-state index contributed by atoms with van der Waals surface area (Å²) in [5.41, 5.74) is 11.4. The number of carbonyl (C=O) groups excluding carboxylic acids is 2. The largest absolute Gasteiger partial charge is 0.493 e. The number of carbonyl (C=O) groups is 2. The van der Waals surface area contributed by atoms with Crippen LogP contribution < -0.4 is 16.2 Å². The Bertz CT molecular complexity index is 446. The second-order valence-corrected chi connectivity index (χ2v) is 3.65. The van der Waals surface area contributed by atoms with Crippen molar-refractivity contribution >= 4 is 17.6 Å². The third kappa shape index (κ3) is 3.97. The van der Waals surface area contributed by atoms with Crippen LogP contribution in [0.3, 0.4) is 0 Å². The minimum absolute atomic E-state index is 0.230. The van der Waals surface area contributed by atoms with Crippen LogP contribution >= 0.6 is 0 Å². The lowest BCUT2D eigenvalue weighted by Gasteiger charge is -2.09. The standard InChI is InChI=1S/C12H16N2O4/c1-17-11(15)3-2-6-18-10-5-4-8(13)7-9(10)12(14)16/h4-5,7H,2-3,6,13H2,1H3,(H2,14,16). The first kappa shape index (κ1) is 13.8. The van der Waals surface area contributed by atoms with Gasteiger partial charge in [-0.15, -0.1) is 0 Å². The third-order valence-electron chi connectivity index (χ3n) is 2.28. The number of esters is 1. The van der Waals surface area contributed by atoms with Crippen LogP contribution in [0, 0.1) is 0 Å². The van der Waals surface area contributed by atoms with Crippen molar-refractivity contribution < 1.29 is 19.1 Å². The SMILES string of the molecule is COC(=O)CCCOc1ccc(N)cc1C(N)=O. The summed E-state index contributed by atoms with van der Waals surface area (Å²) in [6.45, 7) is 0.291. The molecule has 1 rings (SSSR count). The first-order valence-corrected chi connectivity index (χ1v) is 5.43. The number of nitrogens with two attached hydrogens (primary N) is 2. The van der Waals surface area contributed by atoms with Crippen molar-refractivity contribution in [3.8, 4) is 5.75 Å². The second-order valence-electron chi connectivity index (χ2n) is 3.65. The van der Waals surface area contributed by atoms with E-state index in [0.29, 0.717) is 24.5 Å².